The third kappa shape index (κ3) is 6.07. The van der Waals surface area contributed by atoms with Crippen LogP contribution in [-0.4, -0.2) is 50.8 Å². The summed E-state index contributed by atoms with van der Waals surface area (Å²) in [7, 11) is 1.78. The third-order valence-electron chi connectivity index (χ3n) is 4.08. The lowest BCUT2D eigenvalue weighted by Gasteiger charge is -2.35. The highest BCUT2D eigenvalue weighted by atomic mass is 16.5. The second-order valence-electron chi connectivity index (χ2n) is 6.31. The van der Waals surface area contributed by atoms with Gasteiger partial charge in [0, 0.05) is 26.2 Å². The summed E-state index contributed by atoms with van der Waals surface area (Å²) in [6.45, 7) is 14.5. The molecule has 0 saturated carbocycles. The molecule has 19 heavy (non-hydrogen) atoms. The van der Waals surface area contributed by atoms with E-state index in [1.807, 2.05) is 0 Å². The molecule has 2 unspecified atom stereocenters. The van der Waals surface area contributed by atoms with Crippen LogP contribution in [0.4, 0.5) is 0 Å². The van der Waals surface area contributed by atoms with Gasteiger partial charge in [0.05, 0.1) is 6.61 Å². The number of ether oxygens (including phenoxy) is 1. The molecule has 0 saturated heterocycles. The van der Waals surface area contributed by atoms with E-state index in [4.69, 9.17) is 4.74 Å². The molecule has 0 amide bonds. The van der Waals surface area contributed by atoms with E-state index in [0.29, 0.717) is 12.0 Å². The number of nitrogens with one attached hydrogen (secondary N) is 1. The smallest absolute Gasteiger partial charge is 0.0673 e. The summed E-state index contributed by atoms with van der Waals surface area (Å²) < 4.78 is 5.20. The first kappa shape index (κ1) is 16.7. The first-order valence-electron chi connectivity index (χ1n) is 7.66. The molecule has 0 aromatic carbocycles. The minimum absolute atomic E-state index is 0.639. The van der Waals surface area contributed by atoms with E-state index in [2.05, 4.69) is 44.0 Å². The van der Waals surface area contributed by atoms with Gasteiger partial charge in [0.15, 0.2) is 0 Å². The van der Waals surface area contributed by atoms with Crippen LogP contribution in [0.5, 0.6) is 0 Å². The van der Waals surface area contributed by atoms with Crippen molar-refractivity contribution in [2.75, 3.05) is 39.9 Å². The van der Waals surface area contributed by atoms with E-state index >= 15 is 0 Å². The molecule has 0 spiro atoms. The standard InChI is InChI=1S/C16H32N2O/c1-13(2)10-17-11-14(3)15(4)18-8-6-16(7-9-18)12-19-5/h6,13-15,17H,7-12H2,1-5H3. The van der Waals surface area contributed by atoms with Gasteiger partial charge < -0.3 is 10.1 Å². The maximum atomic E-state index is 5.20. The molecule has 1 heterocycles. The van der Waals surface area contributed by atoms with Gasteiger partial charge in [0.2, 0.25) is 0 Å². The predicted molar refractivity (Wildman–Crippen MR) is 82.5 cm³/mol. The molecule has 112 valence electrons. The molecule has 1 aliphatic rings. The average Bonchev–Trinajstić information content (AvgIpc) is 2.38. The van der Waals surface area contributed by atoms with Gasteiger partial charge >= 0.3 is 0 Å². The first-order valence-corrected chi connectivity index (χ1v) is 7.66. The lowest BCUT2D eigenvalue weighted by Crippen LogP contribution is -2.43. The van der Waals surface area contributed by atoms with Gasteiger partial charge in [0.1, 0.15) is 0 Å². The minimum atomic E-state index is 0.639. The molecule has 2 atom stereocenters. The lowest BCUT2D eigenvalue weighted by molar-refractivity contribution is 0.161. The van der Waals surface area contributed by atoms with Crippen LogP contribution in [0.3, 0.4) is 0 Å². The molecule has 0 aromatic rings. The molecule has 1 aliphatic heterocycles. The molecule has 3 heteroatoms. The molecule has 0 bridgehead atoms. The van der Waals surface area contributed by atoms with Crippen molar-refractivity contribution >= 4 is 0 Å². The second kappa shape index (κ2) is 8.72. The van der Waals surface area contributed by atoms with E-state index in [1.54, 1.807) is 7.11 Å². The maximum Gasteiger partial charge on any atom is 0.0673 e. The van der Waals surface area contributed by atoms with Crippen molar-refractivity contribution in [2.24, 2.45) is 11.8 Å². The van der Waals surface area contributed by atoms with Crippen molar-refractivity contribution in [2.45, 2.75) is 40.2 Å². The van der Waals surface area contributed by atoms with Crippen LogP contribution in [0, 0.1) is 11.8 Å². The molecular formula is C16H32N2O. The summed E-state index contributed by atoms with van der Waals surface area (Å²) in [5.41, 5.74) is 1.46. The summed E-state index contributed by atoms with van der Waals surface area (Å²) in [6, 6.07) is 0.639. The van der Waals surface area contributed by atoms with Crippen LogP contribution in [-0.2, 0) is 4.74 Å². The number of nitrogens with zero attached hydrogens (tertiary/aromatic N) is 1. The van der Waals surface area contributed by atoms with E-state index in [9.17, 15) is 0 Å². The van der Waals surface area contributed by atoms with Crippen LogP contribution in [0.1, 0.15) is 34.1 Å². The Balaban J connectivity index is 2.31. The van der Waals surface area contributed by atoms with Gasteiger partial charge in [-0.15, -0.1) is 0 Å². The number of methoxy groups -OCH3 is 1. The van der Waals surface area contributed by atoms with Crippen molar-refractivity contribution in [3.63, 3.8) is 0 Å². The highest BCUT2D eigenvalue weighted by Gasteiger charge is 2.21. The minimum Gasteiger partial charge on any atom is -0.380 e. The highest BCUT2D eigenvalue weighted by molar-refractivity contribution is 5.08. The predicted octanol–water partition coefficient (Wildman–Crippen LogP) is 2.54. The molecular weight excluding hydrogens is 236 g/mol. The fraction of sp³-hybridized carbons (Fsp3) is 0.875. The topological polar surface area (TPSA) is 24.5 Å². The Morgan fingerprint density at radius 3 is 2.53 bits per heavy atom. The monoisotopic (exact) mass is 268 g/mol. The van der Waals surface area contributed by atoms with E-state index in [0.717, 1.165) is 38.6 Å². The lowest BCUT2D eigenvalue weighted by atomic mass is 9.99. The first-order chi connectivity index (χ1) is 9.04. The zero-order valence-corrected chi connectivity index (χ0v) is 13.4. The van der Waals surface area contributed by atoms with Gasteiger partial charge in [-0.05, 0) is 43.8 Å². The second-order valence-corrected chi connectivity index (χ2v) is 6.31. The van der Waals surface area contributed by atoms with E-state index < -0.39 is 0 Å². The van der Waals surface area contributed by atoms with Crippen molar-refractivity contribution in [1.82, 2.24) is 10.2 Å². The molecule has 1 rings (SSSR count). The Morgan fingerprint density at radius 1 is 1.26 bits per heavy atom. The summed E-state index contributed by atoms with van der Waals surface area (Å²) in [5, 5.41) is 3.57. The molecule has 3 nitrogen and oxygen atoms in total. The van der Waals surface area contributed by atoms with Gasteiger partial charge in [-0.1, -0.05) is 26.8 Å². The fourth-order valence-electron chi connectivity index (χ4n) is 2.54. The van der Waals surface area contributed by atoms with Gasteiger partial charge in [-0.2, -0.15) is 0 Å². The Kier molecular flexibility index (Phi) is 7.66. The zero-order chi connectivity index (χ0) is 14.3. The fourth-order valence-corrected chi connectivity index (χ4v) is 2.54. The van der Waals surface area contributed by atoms with Crippen molar-refractivity contribution in [1.29, 1.82) is 0 Å². The quantitative estimate of drug-likeness (QED) is 0.685. The third-order valence-corrected chi connectivity index (χ3v) is 4.08. The Morgan fingerprint density at radius 2 is 2.00 bits per heavy atom. The Bertz CT molecular complexity index is 276. The van der Waals surface area contributed by atoms with Crippen LogP contribution in [0.15, 0.2) is 11.6 Å². The summed E-state index contributed by atoms with van der Waals surface area (Å²) in [4.78, 5) is 2.58. The molecule has 0 aromatic heterocycles. The van der Waals surface area contributed by atoms with Gasteiger partial charge in [-0.25, -0.2) is 0 Å². The number of hydrogen-bond donors (Lipinski definition) is 1. The normalized spacial score (nSPS) is 20.4. The van der Waals surface area contributed by atoms with Gasteiger partial charge in [0.25, 0.3) is 0 Å². The number of hydrogen-bond acceptors (Lipinski definition) is 3. The Hall–Kier alpha value is -0.380. The summed E-state index contributed by atoms with van der Waals surface area (Å²) >= 11 is 0. The molecule has 0 radical (unpaired) electrons. The molecule has 1 N–H and O–H groups in total. The maximum absolute atomic E-state index is 5.20. The van der Waals surface area contributed by atoms with Crippen molar-refractivity contribution < 1.29 is 4.74 Å². The number of rotatable bonds is 8. The molecule has 0 aliphatic carbocycles. The van der Waals surface area contributed by atoms with Crippen LogP contribution in [0.25, 0.3) is 0 Å². The molecule has 0 fully saturated rings. The summed E-state index contributed by atoms with van der Waals surface area (Å²) in [6.07, 6.45) is 3.50. The van der Waals surface area contributed by atoms with Crippen LogP contribution in [0.2, 0.25) is 0 Å². The van der Waals surface area contributed by atoms with Crippen LogP contribution < -0.4 is 5.32 Å². The van der Waals surface area contributed by atoms with E-state index in [-0.39, 0.29) is 0 Å². The van der Waals surface area contributed by atoms with E-state index in [1.165, 1.54) is 12.1 Å². The van der Waals surface area contributed by atoms with Gasteiger partial charge in [-0.3, -0.25) is 4.90 Å². The SMILES string of the molecule is COCC1=CCN(C(C)C(C)CNCC(C)C)CC1. The summed E-state index contributed by atoms with van der Waals surface area (Å²) in [5.74, 6) is 1.42. The van der Waals surface area contributed by atoms with Crippen molar-refractivity contribution in [3.05, 3.63) is 11.6 Å². The zero-order valence-electron chi connectivity index (χ0n) is 13.4. The largest absolute Gasteiger partial charge is 0.380 e. The average molecular weight is 268 g/mol. The van der Waals surface area contributed by atoms with Crippen molar-refractivity contribution in [3.8, 4) is 0 Å². The van der Waals surface area contributed by atoms with Crippen LogP contribution >= 0.6 is 0 Å². The highest BCUT2D eigenvalue weighted by Crippen LogP contribution is 2.17. The Labute approximate surface area is 119 Å².